The molecule has 4 nitrogen and oxygen atoms in total. The highest BCUT2D eigenvalue weighted by Crippen LogP contribution is 2.12. The Morgan fingerprint density at radius 2 is 2.07 bits per heavy atom. The summed E-state index contributed by atoms with van der Waals surface area (Å²) in [5, 5.41) is 3.28. The number of likely N-dealkylation sites (tertiary alicyclic amines) is 1. The molecule has 1 aliphatic rings. The van der Waals surface area contributed by atoms with Gasteiger partial charge < -0.3 is 16.0 Å². The number of nitrogens with one attached hydrogen (secondary N) is 1. The predicted molar refractivity (Wildman–Crippen MR) is 65.0 cm³/mol. The lowest BCUT2D eigenvalue weighted by molar-refractivity contribution is 0.167. The number of nitrogens with zero attached hydrogens (tertiary/aromatic N) is 2. The summed E-state index contributed by atoms with van der Waals surface area (Å²) in [6, 6.07) is 1.17. The van der Waals surface area contributed by atoms with Crippen LogP contribution < -0.4 is 11.1 Å². The third-order valence-electron chi connectivity index (χ3n) is 2.94. The van der Waals surface area contributed by atoms with Crippen LogP contribution in [0.2, 0.25) is 0 Å². The smallest absolute Gasteiger partial charge is 0.188 e. The summed E-state index contributed by atoms with van der Waals surface area (Å²) in [5.74, 6) is 0.598. The zero-order valence-electron chi connectivity index (χ0n) is 10.2. The summed E-state index contributed by atoms with van der Waals surface area (Å²) in [4.78, 5) is 6.65. The van der Waals surface area contributed by atoms with Crippen LogP contribution in [0.25, 0.3) is 0 Å². The van der Waals surface area contributed by atoms with Crippen molar-refractivity contribution in [1.82, 2.24) is 10.2 Å². The molecule has 1 aliphatic heterocycles. The van der Waals surface area contributed by atoms with Crippen LogP contribution >= 0.6 is 0 Å². The van der Waals surface area contributed by atoms with Crippen molar-refractivity contribution in [3.63, 3.8) is 0 Å². The first-order valence-corrected chi connectivity index (χ1v) is 5.94. The normalized spacial score (nSPS) is 20.9. The van der Waals surface area contributed by atoms with Crippen LogP contribution in [0.5, 0.6) is 0 Å². The minimum Gasteiger partial charge on any atom is -0.370 e. The molecule has 88 valence electrons. The van der Waals surface area contributed by atoms with Gasteiger partial charge in [0.15, 0.2) is 5.96 Å². The Bertz CT molecular complexity index is 205. The van der Waals surface area contributed by atoms with E-state index in [9.17, 15) is 0 Å². The van der Waals surface area contributed by atoms with Crippen LogP contribution in [0.3, 0.4) is 0 Å². The van der Waals surface area contributed by atoms with Gasteiger partial charge in [0, 0.05) is 31.7 Å². The number of aliphatic imine (C=N–C) groups is 1. The van der Waals surface area contributed by atoms with Crippen LogP contribution in [0.15, 0.2) is 4.99 Å². The molecule has 0 saturated carbocycles. The molecule has 3 N–H and O–H groups in total. The van der Waals surface area contributed by atoms with E-state index >= 15 is 0 Å². The van der Waals surface area contributed by atoms with E-state index in [0.29, 0.717) is 18.0 Å². The molecule has 0 bridgehead atoms. The molecule has 0 aromatic heterocycles. The largest absolute Gasteiger partial charge is 0.370 e. The number of guanidine groups is 1. The van der Waals surface area contributed by atoms with E-state index in [0.717, 1.165) is 32.5 Å². The minimum absolute atomic E-state index is 0.510. The maximum atomic E-state index is 5.73. The Balaban J connectivity index is 2.28. The summed E-state index contributed by atoms with van der Waals surface area (Å²) in [6.45, 7) is 9.57. The van der Waals surface area contributed by atoms with Crippen molar-refractivity contribution in [3.05, 3.63) is 0 Å². The van der Waals surface area contributed by atoms with Crippen LogP contribution in [-0.4, -0.2) is 42.6 Å². The third-order valence-corrected chi connectivity index (χ3v) is 2.94. The quantitative estimate of drug-likeness (QED) is 0.537. The molecule has 1 heterocycles. The van der Waals surface area contributed by atoms with Crippen molar-refractivity contribution in [3.8, 4) is 0 Å². The van der Waals surface area contributed by atoms with Crippen LogP contribution in [-0.2, 0) is 0 Å². The number of rotatable bonds is 3. The van der Waals surface area contributed by atoms with Gasteiger partial charge in [0.1, 0.15) is 0 Å². The molecule has 0 aliphatic carbocycles. The van der Waals surface area contributed by atoms with Crippen molar-refractivity contribution < 1.29 is 0 Å². The van der Waals surface area contributed by atoms with Gasteiger partial charge in [0.2, 0.25) is 0 Å². The van der Waals surface area contributed by atoms with E-state index in [4.69, 9.17) is 5.73 Å². The molecule has 1 fully saturated rings. The number of piperidine rings is 1. The van der Waals surface area contributed by atoms with E-state index in [1.807, 2.05) is 6.92 Å². The van der Waals surface area contributed by atoms with Gasteiger partial charge in [-0.1, -0.05) is 0 Å². The van der Waals surface area contributed by atoms with Gasteiger partial charge in [-0.2, -0.15) is 0 Å². The van der Waals surface area contributed by atoms with Crippen molar-refractivity contribution in [2.75, 3.05) is 19.6 Å². The maximum absolute atomic E-state index is 5.73. The van der Waals surface area contributed by atoms with Gasteiger partial charge in [-0.05, 0) is 33.6 Å². The standard InChI is InChI=1S/C11H24N4/c1-4-13-11(12)14-10-5-7-15(8-6-10)9(2)3/h9-10H,4-8H2,1-3H3,(H3,12,13,14). The molecule has 15 heavy (non-hydrogen) atoms. The minimum atomic E-state index is 0.510. The predicted octanol–water partition coefficient (Wildman–Crippen LogP) is 0.783. The van der Waals surface area contributed by atoms with Gasteiger partial charge >= 0.3 is 0 Å². The number of hydrogen-bond acceptors (Lipinski definition) is 2. The monoisotopic (exact) mass is 212 g/mol. The molecule has 0 aromatic rings. The van der Waals surface area contributed by atoms with Crippen LogP contribution in [0, 0.1) is 0 Å². The second-order valence-corrected chi connectivity index (χ2v) is 4.41. The Morgan fingerprint density at radius 3 is 2.53 bits per heavy atom. The van der Waals surface area contributed by atoms with E-state index < -0.39 is 0 Å². The van der Waals surface area contributed by atoms with Crippen LogP contribution in [0.1, 0.15) is 33.6 Å². The number of hydrogen-bond donors (Lipinski definition) is 2. The number of nitrogens with two attached hydrogens (primary N) is 1. The second kappa shape index (κ2) is 5.95. The Morgan fingerprint density at radius 1 is 1.47 bits per heavy atom. The molecule has 0 atom stereocenters. The van der Waals surface area contributed by atoms with Crippen molar-refractivity contribution in [2.45, 2.75) is 45.7 Å². The van der Waals surface area contributed by atoms with Gasteiger partial charge in [0.25, 0.3) is 0 Å². The van der Waals surface area contributed by atoms with Crippen molar-refractivity contribution in [2.24, 2.45) is 10.7 Å². The van der Waals surface area contributed by atoms with Crippen molar-refractivity contribution in [1.29, 1.82) is 0 Å². The Kier molecular flexibility index (Phi) is 4.88. The molecule has 1 saturated heterocycles. The molecule has 1 rings (SSSR count). The molecule has 4 heteroatoms. The van der Waals surface area contributed by atoms with Gasteiger partial charge in [-0.25, -0.2) is 0 Å². The fraction of sp³-hybridized carbons (Fsp3) is 0.909. The summed E-state index contributed by atoms with van der Waals surface area (Å²) >= 11 is 0. The lowest BCUT2D eigenvalue weighted by atomic mass is 10.0. The van der Waals surface area contributed by atoms with E-state index in [1.54, 1.807) is 0 Å². The molecule has 0 aromatic carbocycles. The van der Waals surface area contributed by atoms with E-state index in [2.05, 4.69) is 29.1 Å². The zero-order chi connectivity index (χ0) is 11.3. The first-order valence-electron chi connectivity index (χ1n) is 5.94. The van der Waals surface area contributed by atoms with Crippen molar-refractivity contribution >= 4 is 5.96 Å². The van der Waals surface area contributed by atoms with Gasteiger partial charge in [-0.15, -0.1) is 0 Å². The molecule has 0 spiro atoms. The highest BCUT2D eigenvalue weighted by molar-refractivity contribution is 5.78. The highest BCUT2D eigenvalue weighted by atomic mass is 15.2. The summed E-state index contributed by atoms with van der Waals surface area (Å²) in [6.07, 6.45) is 2.33. The fourth-order valence-corrected chi connectivity index (χ4v) is 1.99. The molecule has 0 radical (unpaired) electrons. The Hall–Kier alpha value is -0.770. The lowest BCUT2D eigenvalue weighted by Crippen LogP contribution is -2.48. The topological polar surface area (TPSA) is 53.6 Å². The first-order chi connectivity index (χ1) is 7.13. The fourth-order valence-electron chi connectivity index (χ4n) is 1.99. The maximum Gasteiger partial charge on any atom is 0.188 e. The zero-order valence-corrected chi connectivity index (χ0v) is 10.2. The average molecular weight is 212 g/mol. The van der Waals surface area contributed by atoms with E-state index in [1.165, 1.54) is 0 Å². The van der Waals surface area contributed by atoms with Crippen LogP contribution in [0.4, 0.5) is 0 Å². The molecular weight excluding hydrogens is 188 g/mol. The second-order valence-electron chi connectivity index (χ2n) is 4.41. The summed E-state index contributed by atoms with van der Waals surface area (Å²) in [5.41, 5.74) is 5.73. The Labute approximate surface area is 92.9 Å². The average Bonchev–Trinajstić information content (AvgIpc) is 2.18. The molecule has 0 unspecified atom stereocenters. The SMILES string of the molecule is CCN=C(N)NC1CCN(C(C)C)CC1. The summed E-state index contributed by atoms with van der Waals surface area (Å²) < 4.78 is 0. The lowest BCUT2D eigenvalue weighted by Gasteiger charge is -2.35. The van der Waals surface area contributed by atoms with E-state index in [-0.39, 0.29) is 0 Å². The third kappa shape index (κ3) is 4.08. The molecule has 0 amide bonds. The van der Waals surface area contributed by atoms with Gasteiger partial charge in [-0.3, -0.25) is 4.99 Å². The first kappa shape index (κ1) is 12.3. The summed E-state index contributed by atoms with van der Waals surface area (Å²) in [7, 11) is 0. The molecular formula is C11H24N4. The highest BCUT2D eigenvalue weighted by Gasteiger charge is 2.20. The van der Waals surface area contributed by atoms with Gasteiger partial charge in [0.05, 0.1) is 0 Å².